The summed E-state index contributed by atoms with van der Waals surface area (Å²) in [6.45, 7) is 0.999. The molecule has 0 unspecified atom stereocenters. The van der Waals surface area contributed by atoms with Crippen molar-refractivity contribution in [1.29, 1.82) is 5.26 Å². The van der Waals surface area contributed by atoms with Gasteiger partial charge in [0.1, 0.15) is 0 Å². The average Bonchev–Trinajstić information content (AvgIpc) is 3.20. The molecule has 1 saturated carbocycles. The quantitative estimate of drug-likeness (QED) is 0.813. The van der Waals surface area contributed by atoms with Crippen LogP contribution in [0.25, 0.3) is 11.5 Å². The molecule has 102 valence electrons. The maximum absolute atomic E-state index is 8.76. The Balaban J connectivity index is 1.56. The van der Waals surface area contributed by atoms with E-state index in [-0.39, 0.29) is 0 Å². The third kappa shape index (κ3) is 3.22. The molecule has 0 radical (unpaired) electrons. The van der Waals surface area contributed by atoms with Gasteiger partial charge in [0, 0.05) is 18.0 Å². The summed E-state index contributed by atoms with van der Waals surface area (Å²) < 4.78 is 5.63. The summed E-state index contributed by atoms with van der Waals surface area (Å²) >= 11 is 0. The fourth-order valence-electron chi connectivity index (χ4n) is 1.99. The molecule has 1 aliphatic carbocycles. The number of hydrogen-bond acceptors (Lipinski definition) is 5. The predicted molar refractivity (Wildman–Crippen MR) is 73.8 cm³/mol. The van der Waals surface area contributed by atoms with Crippen LogP contribution in [0.2, 0.25) is 0 Å². The number of aromatic nitrogens is 2. The lowest BCUT2D eigenvalue weighted by Gasteiger charge is -1.99. The standard InChI is InChI=1S/C15H16N4O/c16-10-11-3-5-12(6-4-11)15-19-18-14(20-15)2-1-9-17-13-7-8-13/h3-6,13,17H,1-2,7-9H2. The van der Waals surface area contributed by atoms with Crippen LogP contribution in [0.5, 0.6) is 0 Å². The van der Waals surface area contributed by atoms with Crippen LogP contribution in [0.3, 0.4) is 0 Å². The lowest BCUT2D eigenvalue weighted by atomic mass is 10.1. The number of aryl methyl sites for hydroxylation is 1. The van der Waals surface area contributed by atoms with E-state index in [1.54, 1.807) is 12.1 Å². The summed E-state index contributed by atoms with van der Waals surface area (Å²) in [6.07, 6.45) is 4.42. The summed E-state index contributed by atoms with van der Waals surface area (Å²) in [6, 6.07) is 9.97. The summed E-state index contributed by atoms with van der Waals surface area (Å²) in [4.78, 5) is 0. The Kier molecular flexibility index (Phi) is 3.75. The zero-order chi connectivity index (χ0) is 13.8. The first-order valence-corrected chi connectivity index (χ1v) is 6.91. The van der Waals surface area contributed by atoms with Gasteiger partial charge >= 0.3 is 0 Å². The van der Waals surface area contributed by atoms with Gasteiger partial charge in [-0.3, -0.25) is 0 Å². The zero-order valence-electron chi connectivity index (χ0n) is 11.2. The second kappa shape index (κ2) is 5.85. The molecule has 1 heterocycles. The minimum absolute atomic E-state index is 0.514. The first-order chi connectivity index (χ1) is 9.85. The van der Waals surface area contributed by atoms with Gasteiger partial charge in [0.15, 0.2) is 0 Å². The van der Waals surface area contributed by atoms with Gasteiger partial charge in [-0.2, -0.15) is 5.26 Å². The number of hydrogen-bond donors (Lipinski definition) is 1. The maximum atomic E-state index is 8.76. The van der Waals surface area contributed by atoms with Gasteiger partial charge in [-0.05, 0) is 50.1 Å². The van der Waals surface area contributed by atoms with Crippen LogP contribution in [-0.2, 0) is 6.42 Å². The zero-order valence-corrected chi connectivity index (χ0v) is 11.2. The summed E-state index contributed by atoms with van der Waals surface area (Å²) in [5.41, 5.74) is 1.47. The van der Waals surface area contributed by atoms with Crippen molar-refractivity contribution in [3.05, 3.63) is 35.7 Å². The molecular formula is C15H16N4O. The Bertz CT molecular complexity index is 608. The Morgan fingerprint density at radius 1 is 1.25 bits per heavy atom. The number of rotatable bonds is 6. The highest BCUT2D eigenvalue weighted by Crippen LogP contribution is 2.20. The third-order valence-electron chi connectivity index (χ3n) is 3.31. The molecule has 5 nitrogen and oxygen atoms in total. The predicted octanol–water partition coefficient (Wildman–Crippen LogP) is 2.29. The molecular weight excluding hydrogens is 252 g/mol. The molecule has 0 spiro atoms. The Hall–Kier alpha value is -2.19. The second-order valence-corrected chi connectivity index (χ2v) is 5.02. The Labute approximate surface area is 117 Å². The largest absolute Gasteiger partial charge is 0.421 e. The maximum Gasteiger partial charge on any atom is 0.247 e. The number of nitrogens with zero attached hydrogens (tertiary/aromatic N) is 3. The van der Waals surface area contributed by atoms with Crippen LogP contribution in [0.15, 0.2) is 28.7 Å². The van der Waals surface area contributed by atoms with Gasteiger partial charge in [-0.15, -0.1) is 10.2 Å². The monoisotopic (exact) mass is 268 g/mol. The van der Waals surface area contributed by atoms with Crippen molar-refractivity contribution in [2.75, 3.05) is 6.54 Å². The number of benzene rings is 1. The molecule has 1 aliphatic rings. The van der Waals surface area contributed by atoms with Crippen LogP contribution >= 0.6 is 0 Å². The van der Waals surface area contributed by atoms with E-state index in [4.69, 9.17) is 9.68 Å². The molecule has 0 aliphatic heterocycles. The van der Waals surface area contributed by atoms with Crippen molar-refractivity contribution in [3.63, 3.8) is 0 Å². The van der Waals surface area contributed by atoms with Crippen LogP contribution in [-0.4, -0.2) is 22.8 Å². The van der Waals surface area contributed by atoms with E-state index in [1.165, 1.54) is 12.8 Å². The summed E-state index contributed by atoms with van der Waals surface area (Å²) in [5.74, 6) is 1.18. The molecule has 0 saturated heterocycles. The van der Waals surface area contributed by atoms with Crippen LogP contribution in [0, 0.1) is 11.3 Å². The molecule has 0 amide bonds. The van der Waals surface area contributed by atoms with Gasteiger partial charge in [0.05, 0.1) is 11.6 Å². The van der Waals surface area contributed by atoms with Gasteiger partial charge in [-0.25, -0.2) is 0 Å². The van der Waals surface area contributed by atoms with Gasteiger partial charge in [0.2, 0.25) is 11.8 Å². The molecule has 20 heavy (non-hydrogen) atoms. The van der Waals surface area contributed by atoms with Crippen molar-refractivity contribution >= 4 is 0 Å². The van der Waals surface area contributed by atoms with E-state index < -0.39 is 0 Å². The molecule has 5 heteroatoms. The van der Waals surface area contributed by atoms with Crippen LogP contribution < -0.4 is 5.32 Å². The molecule has 1 N–H and O–H groups in total. The van der Waals surface area contributed by atoms with Crippen molar-refractivity contribution < 1.29 is 4.42 Å². The molecule has 1 fully saturated rings. The fraction of sp³-hybridized carbons (Fsp3) is 0.400. The second-order valence-electron chi connectivity index (χ2n) is 5.02. The Morgan fingerprint density at radius 3 is 2.75 bits per heavy atom. The first kappa shape index (κ1) is 12.8. The molecule has 3 rings (SSSR count). The smallest absolute Gasteiger partial charge is 0.247 e. The van der Waals surface area contributed by atoms with Gasteiger partial charge in [-0.1, -0.05) is 0 Å². The summed E-state index contributed by atoms with van der Waals surface area (Å²) in [5, 5.41) is 20.3. The summed E-state index contributed by atoms with van der Waals surface area (Å²) in [7, 11) is 0. The minimum Gasteiger partial charge on any atom is -0.421 e. The average molecular weight is 268 g/mol. The van der Waals surface area contributed by atoms with Crippen molar-refractivity contribution in [2.45, 2.75) is 31.7 Å². The van der Waals surface area contributed by atoms with E-state index in [0.717, 1.165) is 31.0 Å². The molecule has 2 aromatic rings. The molecule has 0 atom stereocenters. The number of nitrogens with one attached hydrogen (secondary N) is 1. The normalized spacial score (nSPS) is 14.2. The molecule has 0 bridgehead atoms. The molecule has 1 aromatic carbocycles. The van der Waals surface area contributed by atoms with Crippen LogP contribution in [0.4, 0.5) is 0 Å². The van der Waals surface area contributed by atoms with E-state index in [2.05, 4.69) is 21.6 Å². The fourth-order valence-corrected chi connectivity index (χ4v) is 1.99. The molecule has 1 aromatic heterocycles. The van der Waals surface area contributed by atoms with Crippen molar-refractivity contribution in [3.8, 4) is 17.5 Å². The van der Waals surface area contributed by atoms with E-state index >= 15 is 0 Å². The van der Waals surface area contributed by atoms with E-state index in [1.807, 2.05) is 12.1 Å². The van der Waals surface area contributed by atoms with E-state index in [0.29, 0.717) is 17.3 Å². The lowest BCUT2D eigenvalue weighted by Crippen LogP contribution is -2.17. The minimum atomic E-state index is 0.514. The van der Waals surface area contributed by atoms with Crippen molar-refractivity contribution in [1.82, 2.24) is 15.5 Å². The first-order valence-electron chi connectivity index (χ1n) is 6.91. The SMILES string of the molecule is N#Cc1ccc(-c2nnc(CCCNC3CC3)o2)cc1. The highest BCUT2D eigenvalue weighted by atomic mass is 16.4. The van der Waals surface area contributed by atoms with Gasteiger partial charge in [0.25, 0.3) is 0 Å². The highest BCUT2D eigenvalue weighted by Gasteiger charge is 2.19. The topological polar surface area (TPSA) is 74.7 Å². The van der Waals surface area contributed by atoms with Crippen molar-refractivity contribution in [2.24, 2.45) is 0 Å². The van der Waals surface area contributed by atoms with E-state index in [9.17, 15) is 0 Å². The third-order valence-corrected chi connectivity index (χ3v) is 3.31. The Morgan fingerprint density at radius 2 is 2.05 bits per heavy atom. The van der Waals surface area contributed by atoms with Gasteiger partial charge < -0.3 is 9.73 Å². The lowest BCUT2D eigenvalue weighted by molar-refractivity contribution is 0.491. The number of nitriles is 1. The van der Waals surface area contributed by atoms with Crippen LogP contribution in [0.1, 0.15) is 30.7 Å². The highest BCUT2D eigenvalue weighted by molar-refractivity contribution is 5.54.